The van der Waals surface area contributed by atoms with Gasteiger partial charge in [0.25, 0.3) is 17.7 Å². The van der Waals surface area contributed by atoms with Crippen LogP contribution >= 0.6 is 21.6 Å². The topological polar surface area (TPSA) is 292 Å². The molecule has 0 aliphatic carbocycles. The molecule has 8 N–H and O–H groups in total. The molecule has 5 heterocycles. The summed E-state index contributed by atoms with van der Waals surface area (Å²) in [5.74, 6) is -4.85. The summed E-state index contributed by atoms with van der Waals surface area (Å²) in [7, 11) is 4.18. The van der Waals surface area contributed by atoms with E-state index in [1.807, 2.05) is 74.5 Å². The van der Waals surface area contributed by atoms with Gasteiger partial charge in [-0.15, -0.1) is 0 Å². The SMILES string of the molecule is COc1ncc(-c2ccc3nccc(-c4ccc(COC(=O)NCCSSCC(NC(=O)COc5ccc6nccc(C(=O)NCC(=O)N7CC(F)(F)C[C@H]7C#N)c6c5)C(=O)Nc5ccc(-c6ccc(N)c(C)c6)cc5C)nc4)c3c2)cc1N. The van der Waals surface area contributed by atoms with Gasteiger partial charge < -0.3 is 51.8 Å². The summed E-state index contributed by atoms with van der Waals surface area (Å²) in [6.45, 7) is 1.83. The van der Waals surface area contributed by atoms with Gasteiger partial charge in [-0.2, -0.15) is 5.26 Å². The fourth-order valence-corrected chi connectivity index (χ4v) is 11.3. The number of fused-ring (bicyclic) bond motifs is 2. The lowest BCUT2D eigenvalue weighted by atomic mass is 9.98. The lowest BCUT2D eigenvalue weighted by molar-refractivity contribution is -0.131. The highest BCUT2D eigenvalue weighted by Gasteiger charge is 2.47. The molecule has 0 spiro atoms. The highest BCUT2D eigenvalue weighted by atomic mass is 33.1. The number of benzene rings is 4. The van der Waals surface area contributed by atoms with Gasteiger partial charge in [0.15, 0.2) is 6.61 Å². The Balaban J connectivity index is 0.782. The summed E-state index contributed by atoms with van der Waals surface area (Å²) < 4.78 is 44.5. The van der Waals surface area contributed by atoms with Crippen LogP contribution in [0.4, 0.5) is 30.6 Å². The van der Waals surface area contributed by atoms with Gasteiger partial charge in [0.05, 0.1) is 54.2 Å². The number of alkyl halides is 2. The van der Waals surface area contributed by atoms with Crippen molar-refractivity contribution in [2.24, 2.45) is 0 Å². The normalized spacial score (nSPS) is 13.8. The highest BCUT2D eigenvalue weighted by Crippen LogP contribution is 2.35. The van der Waals surface area contributed by atoms with Crippen LogP contribution in [0.3, 0.4) is 0 Å². The number of nitrogen functional groups attached to an aromatic ring is 2. The second-order valence-electron chi connectivity index (χ2n) is 19.5. The Bertz CT molecular complexity index is 3850. The Hall–Kier alpha value is -9.60. The number of likely N-dealkylation sites (tertiary alicyclic amines) is 1. The number of methoxy groups -OCH3 is 1. The first-order chi connectivity index (χ1) is 40.4. The number of nitrogens with two attached hydrogens (primary N) is 2. The van der Waals surface area contributed by atoms with Gasteiger partial charge in [0.1, 0.15) is 24.4 Å². The molecule has 2 atom stereocenters. The predicted octanol–water partition coefficient (Wildman–Crippen LogP) is 8.66. The zero-order valence-corrected chi connectivity index (χ0v) is 47.2. The molecule has 84 heavy (non-hydrogen) atoms. The van der Waals surface area contributed by atoms with E-state index in [-0.39, 0.29) is 30.2 Å². The minimum absolute atomic E-state index is 0.0793. The van der Waals surface area contributed by atoms with Gasteiger partial charge in [-0.1, -0.05) is 45.9 Å². The number of aryl methyl sites for hydroxylation is 2. The van der Waals surface area contributed by atoms with Crippen LogP contribution in [0.5, 0.6) is 11.6 Å². The number of anilines is 3. The van der Waals surface area contributed by atoms with Crippen LogP contribution in [0.25, 0.3) is 55.2 Å². The lowest BCUT2D eigenvalue weighted by Crippen LogP contribution is -2.47. The number of ether oxygens (including phenoxy) is 3. The van der Waals surface area contributed by atoms with E-state index in [0.717, 1.165) is 60.3 Å². The Labute approximate surface area is 488 Å². The van der Waals surface area contributed by atoms with Crippen molar-refractivity contribution in [3.63, 3.8) is 0 Å². The van der Waals surface area contributed by atoms with Gasteiger partial charge in [0.2, 0.25) is 17.7 Å². The number of nitriles is 1. The number of carbonyl (C=O) groups excluding carboxylic acids is 5. The molecule has 8 aromatic rings. The van der Waals surface area contributed by atoms with Crippen LogP contribution in [0.1, 0.15) is 33.6 Å². The third-order valence-corrected chi connectivity index (χ3v) is 16.0. The lowest BCUT2D eigenvalue weighted by Gasteiger charge is -2.20. The first-order valence-electron chi connectivity index (χ1n) is 26.2. The molecule has 0 bridgehead atoms. The predicted molar refractivity (Wildman–Crippen MR) is 319 cm³/mol. The molecular weight excluding hydrogens is 1120 g/mol. The molecule has 5 amide bonds. The molecule has 4 aromatic heterocycles. The van der Waals surface area contributed by atoms with Crippen molar-refractivity contribution in [3.05, 3.63) is 150 Å². The molecular formula is C60H56F2N12O8S2. The molecule has 20 nitrogen and oxygen atoms in total. The smallest absolute Gasteiger partial charge is 0.407 e. The van der Waals surface area contributed by atoms with E-state index < -0.39 is 73.8 Å². The van der Waals surface area contributed by atoms with Crippen molar-refractivity contribution in [1.29, 1.82) is 5.26 Å². The zero-order valence-electron chi connectivity index (χ0n) is 45.6. The Morgan fingerprint density at radius 3 is 2.24 bits per heavy atom. The van der Waals surface area contributed by atoms with Crippen LogP contribution in [-0.4, -0.2) is 117 Å². The van der Waals surface area contributed by atoms with Gasteiger partial charge >= 0.3 is 6.09 Å². The number of hydrogen-bond acceptors (Lipinski definition) is 17. The number of aromatic nitrogens is 4. The number of rotatable bonds is 21. The summed E-state index contributed by atoms with van der Waals surface area (Å²) in [6.07, 6.45) is 5.08. The molecule has 0 radical (unpaired) electrons. The molecule has 24 heteroatoms. The maximum atomic E-state index is 14.0. The zero-order chi connectivity index (χ0) is 59.5. The second-order valence-corrected chi connectivity index (χ2v) is 22.1. The molecule has 430 valence electrons. The number of halogens is 2. The van der Waals surface area contributed by atoms with E-state index in [0.29, 0.717) is 45.3 Å². The second kappa shape index (κ2) is 26.5. The Kier molecular flexibility index (Phi) is 18.7. The number of alkyl carbamates (subject to hydrolysis) is 1. The highest BCUT2D eigenvalue weighted by molar-refractivity contribution is 8.76. The fraction of sp³-hybridized carbons (Fsp3) is 0.233. The minimum atomic E-state index is -3.22. The van der Waals surface area contributed by atoms with E-state index in [9.17, 15) is 38.0 Å². The average Bonchev–Trinajstić information content (AvgIpc) is 3.88. The van der Waals surface area contributed by atoms with Gasteiger partial charge in [-0.25, -0.2) is 18.6 Å². The minimum Gasteiger partial charge on any atom is -0.484 e. The molecule has 1 aliphatic rings. The Morgan fingerprint density at radius 1 is 0.786 bits per heavy atom. The first kappa shape index (κ1) is 59.0. The quantitative estimate of drug-likeness (QED) is 0.0223. The van der Waals surface area contributed by atoms with Crippen molar-refractivity contribution in [2.45, 2.75) is 44.9 Å². The molecule has 1 fully saturated rings. The summed E-state index contributed by atoms with van der Waals surface area (Å²) in [5.41, 5.74) is 22.6. The van der Waals surface area contributed by atoms with E-state index in [2.05, 4.69) is 41.2 Å². The summed E-state index contributed by atoms with van der Waals surface area (Å²) in [4.78, 5) is 84.9. The summed E-state index contributed by atoms with van der Waals surface area (Å²) in [5, 5.41) is 21.4. The van der Waals surface area contributed by atoms with Crippen LogP contribution in [-0.2, 0) is 25.7 Å². The molecule has 1 unspecified atom stereocenters. The molecule has 1 aliphatic heterocycles. The number of pyridine rings is 4. The van der Waals surface area contributed by atoms with E-state index in [4.69, 9.17) is 25.7 Å². The van der Waals surface area contributed by atoms with E-state index >= 15 is 0 Å². The maximum absolute atomic E-state index is 14.0. The molecule has 9 rings (SSSR count). The van der Waals surface area contributed by atoms with Crippen molar-refractivity contribution < 1.29 is 47.0 Å². The fourth-order valence-electron chi connectivity index (χ4n) is 9.19. The van der Waals surface area contributed by atoms with Crippen LogP contribution < -0.4 is 42.2 Å². The maximum Gasteiger partial charge on any atom is 0.407 e. The third kappa shape index (κ3) is 14.5. The van der Waals surface area contributed by atoms with Gasteiger partial charge in [-0.3, -0.25) is 34.1 Å². The number of amides is 5. The van der Waals surface area contributed by atoms with Gasteiger partial charge in [-0.05, 0) is 126 Å². The van der Waals surface area contributed by atoms with Crippen LogP contribution in [0.15, 0.2) is 128 Å². The number of nitrogens with zero attached hydrogens (tertiary/aromatic N) is 6. The van der Waals surface area contributed by atoms with Crippen molar-refractivity contribution in [2.75, 3.05) is 61.6 Å². The van der Waals surface area contributed by atoms with Gasteiger partial charge in [0, 0.05) is 82.5 Å². The van der Waals surface area contributed by atoms with Crippen LogP contribution in [0, 0.1) is 25.2 Å². The summed E-state index contributed by atoms with van der Waals surface area (Å²) in [6, 6.07) is 29.9. The molecule has 0 saturated carbocycles. The van der Waals surface area contributed by atoms with Crippen molar-refractivity contribution >= 4 is 90.2 Å². The molecule has 4 aromatic carbocycles. The van der Waals surface area contributed by atoms with Crippen LogP contribution in [0.2, 0.25) is 0 Å². The number of hydrogen-bond donors (Lipinski definition) is 6. The largest absolute Gasteiger partial charge is 0.484 e. The van der Waals surface area contributed by atoms with E-state index in [1.165, 1.54) is 53.1 Å². The molecule has 1 saturated heterocycles. The van der Waals surface area contributed by atoms with Crippen molar-refractivity contribution in [3.8, 4) is 51.1 Å². The number of nitrogens with one attached hydrogen (secondary N) is 4. The first-order valence-corrected chi connectivity index (χ1v) is 28.7. The van der Waals surface area contributed by atoms with E-state index in [1.54, 1.807) is 48.9 Å². The summed E-state index contributed by atoms with van der Waals surface area (Å²) >= 11 is 0. The van der Waals surface area contributed by atoms with Crippen molar-refractivity contribution in [1.82, 2.24) is 40.8 Å². The number of carbonyl (C=O) groups is 5. The standard InChI is InChI=1S/C60H56F2N12O8S2/c1-34-20-36(5-10-48(34)64)37-6-11-50(35(2)21-37)73-57(78)53(72-54(75)31-81-43-9-13-52-47(24-43)45(15-17-67-52)56(77)70-29-55(76)74-33-60(61,62)25-42(74)26-63)32-84-83-19-18-68-59(79)82-30-41-8-4-39(27-69-41)44-14-16-66-51-12-7-38(22-46(44)51)40-23-49(65)58(80-3)71-28-40/h4-17,20-24,27-28,42,53H,18-19,25,29-33,64-65H2,1-3H3,(H,68,79)(H,70,77)(H,72,75)(H,73,78)/t42-,53?/m0/s1. The Morgan fingerprint density at radius 2 is 1.50 bits per heavy atom. The monoisotopic (exact) mass is 1170 g/mol. The average molecular weight is 1180 g/mol. The third-order valence-electron chi connectivity index (χ3n) is 13.6.